The van der Waals surface area contributed by atoms with Crippen LogP contribution in [0.15, 0.2) is 30.5 Å². The van der Waals surface area contributed by atoms with E-state index in [0.717, 1.165) is 25.6 Å². The van der Waals surface area contributed by atoms with Crippen molar-refractivity contribution in [2.24, 2.45) is 0 Å². The molecular weight excluding hydrogens is 262 g/mol. The molecule has 1 fully saturated rings. The van der Waals surface area contributed by atoms with Crippen molar-refractivity contribution in [1.82, 2.24) is 15.2 Å². The first-order valence-electron chi connectivity index (χ1n) is 7.78. The maximum absolute atomic E-state index is 11.3. The van der Waals surface area contributed by atoms with E-state index in [2.05, 4.69) is 45.7 Å². The summed E-state index contributed by atoms with van der Waals surface area (Å²) in [6.07, 6.45) is 6.20. The van der Waals surface area contributed by atoms with Gasteiger partial charge in [0.15, 0.2) is 0 Å². The first-order chi connectivity index (χ1) is 10.3. The van der Waals surface area contributed by atoms with Gasteiger partial charge in [0.1, 0.15) is 0 Å². The molecule has 21 heavy (non-hydrogen) atoms. The molecule has 1 saturated carbocycles. The molecular formula is C17H23N3O. The Balaban J connectivity index is 1.73. The van der Waals surface area contributed by atoms with Crippen molar-refractivity contribution in [1.29, 1.82) is 0 Å². The van der Waals surface area contributed by atoms with Gasteiger partial charge in [-0.25, -0.2) is 0 Å². The average Bonchev–Trinajstić information content (AvgIpc) is 3.25. The van der Waals surface area contributed by atoms with Gasteiger partial charge in [0.2, 0.25) is 5.91 Å². The molecule has 1 heterocycles. The van der Waals surface area contributed by atoms with Gasteiger partial charge in [-0.05, 0) is 36.3 Å². The maximum Gasteiger partial charge on any atom is 0.219 e. The summed E-state index contributed by atoms with van der Waals surface area (Å²) < 4.78 is 2.28. The number of benzene rings is 1. The third-order valence-electron chi connectivity index (χ3n) is 4.11. The van der Waals surface area contributed by atoms with Gasteiger partial charge in [0.05, 0.1) is 5.52 Å². The lowest BCUT2D eigenvalue weighted by Gasteiger charge is -2.10. The third-order valence-corrected chi connectivity index (χ3v) is 4.11. The highest BCUT2D eigenvalue weighted by molar-refractivity contribution is 5.83. The topological polar surface area (TPSA) is 46.1 Å². The van der Waals surface area contributed by atoms with Gasteiger partial charge in [-0.15, -0.1) is 0 Å². The van der Waals surface area contributed by atoms with Gasteiger partial charge in [-0.3, -0.25) is 4.79 Å². The average molecular weight is 285 g/mol. The zero-order chi connectivity index (χ0) is 14.7. The summed E-state index contributed by atoms with van der Waals surface area (Å²) in [4.78, 5) is 11.3. The molecule has 1 aromatic heterocycles. The number of aromatic nitrogens is 1. The van der Waals surface area contributed by atoms with Crippen molar-refractivity contribution in [2.45, 2.75) is 44.8 Å². The fourth-order valence-corrected chi connectivity index (χ4v) is 2.75. The molecule has 112 valence electrons. The quantitative estimate of drug-likeness (QED) is 0.820. The Kier molecular flexibility index (Phi) is 4.25. The van der Waals surface area contributed by atoms with Gasteiger partial charge in [0.25, 0.3) is 0 Å². The van der Waals surface area contributed by atoms with Crippen LogP contribution in [0.3, 0.4) is 0 Å². The summed E-state index contributed by atoms with van der Waals surface area (Å²) in [5, 5.41) is 7.55. The van der Waals surface area contributed by atoms with E-state index in [9.17, 15) is 4.79 Å². The maximum atomic E-state index is 11.3. The van der Waals surface area contributed by atoms with E-state index >= 15 is 0 Å². The smallest absolute Gasteiger partial charge is 0.219 e. The van der Waals surface area contributed by atoms with E-state index in [0.29, 0.717) is 6.42 Å². The number of aryl methyl sites for hydroxylation is 1. The molecule has 0 spiro atoms. The van der Waals surface area contributed by atoms with Crippen molar-refractivity contribution in [3.8, 4) is 0 Å². The first kappa shape index (κ1) is 14.1. The SMILES string of the molecule is CNC(=O)CCCn1ccc2cccc(CNC3CC3)c21. The van der Waals surface area contributed by atoms with E-state index in [-0.39, 0.29) is 5.91 Å². The molecule has 0 saturated heterocycles. The van der Waals surface area contributed by atoms with E-state index in [1.807, 2.05) is 0 Å². The van der Waals surface area contributed by atoms with Crippen LogP contribution in [-0.4, -0.2) is 23.6 Å². The van der Waals surface area contributed by atoms with Gasteiger partial charge in [-0.1, -0.05) is 18.2 Å². The van der Waals surface area contributed by atoms with Crippen LogP contribution >= 0.6 is 0 Å². The third kappa shape index (κ3) is 3.45. The predicted molar refractivity (Wildman–Crippen MR) is 85.1 cm³/mol. The van der Waals surface area contributed by atoms with Crippen LogP contribution in [0.4, 0.5) is 0 Å². The van der Waals surface area contributed by atoms with Crippen LogP contribution in [0.5, 0.6) is 0 Å². The largest absolute Gasteiger partial charge is 0.359 e. The summed E-state index contributed by atoms with van der Waals surface area (Å²) in [6.45, 7) is 1.82. The summed E-state index contributed by atoms with van der Waals surface area (Å²) in [5.41, 5.74) is 2.66. The zero-order valence-corrected chi connectivity index (χ0v) is 12.6. The lowest BCUT2D eigenvalue weighted by Crippen LogP contribution is -2.18. The molecule has 1 aliphatic rings. The molecule has 4 heteroatoms. The van der Waals surface area contributed by atoms with Crippen LogP contribution in [0.2, 0.25) is 0 Å². The fraction of sp³-hybridized carbons (Fsp3) is 0.471. The molecule has 1 aliphatic carbocycles. The number of nitrogens with one attached hydrogen (secondary N) is 2. The van der Waals surface area contributed by atoms with E-state index in [1.54, 1.807) is 7.05 Å². The highest BCUT2D eigenvalue weighted by Gasteiger charge is 2.20. The van der Waals surface area contributed by atoms with Crippen molar-refractivity contribution in [3.05, 3.63) is 36.0 Å². The number of para-hydroxylation sites is 1. The van der Waals surface area contributed by atoms with Gasteiger partial charge in [0, 0.05) is 38.8 Å². The lowest BCUT2D eigenvalue weighted by atomic mass is 10.1. The Morgan fingerprint density at radius 1 is 1.33 bits per heavy atom. The summed E-state index contributed by atoms with van der Waals surface area (Å²) >= 11 is 0. The van der Waals surface area contributed by atoms with Crippen LogP contribution in [0.25, 0.3) is 10.9 Å². The standard InChI is InChI=1S/C17H23N3O/c1-18-16(21)6-3-10-20-11-9-13-4-2-5-14(17(13)20)12-19-15-7-8-15/h2,4-5,9,11,15,19H,3,6-8,10,12H2,1H3,(H,18,21). The number of carbonyl (C=O) groups is 1. The molecule has 0 unspecified atom stereocenters. The van der Waals surface area contributed by atoms with Gasteiger partial charge in [-0.2, -0.15) is 0 Å². The summed E-state index contributed by atoms with van der Waals surface area (Å²) in [7, 11) is 1.69. The molecule has 2 aromatic rings. The second kappa shape index (κ2) is 6.31. The Labute approximate surface area is 125 Å². The fourth-order valence-electron chi connectivity index (χ4n) is 2.75. The second-order valence-corrected chi connectivity index (χ2v) is 5.80. The minimum Gasteiger partial charge on any atom is -0.359 e. The molecule has 4 nitrogen and oxygen atoms in total. The number of rotatable bonds is 7. The predicted octanol–water partition coefficient (Wildman–Crippen LogP) is 2.42. The summed E-state index contributed by atoms with van der Waals surface area (Å²) in [5.74, 6) is 0.113. The van der Waals surface area contributed by atoms with Crippen molar-refractivity contribution in [3.63, 3.8) is 0 Å². The molecule has 0 aliphatic heterocycles. The number of carbonyl (C=O) groups excluding carboxylic acids is 1. The molecule has 1 amide bonds. The Bertz CT molecular complexity index is 628. The van der Waals surface area contributed by atoms with Gasteiger partial charge >= 0.3 is 0 Å². The summed E-state index contributed by atoms with van der Waals surface area (Å²) in [6, 6.07) is 9.37. The van der Waals surface area contributed by atoms with Crippen molar-refractivity contribution in [2.75, 3.05) is 7.05 Å². The normalized spacial score (nSPS) is 14.5. The number of hydrogen-bond donors (Lipinski definition) is 2. The van der Waals surface area contributed by atoms with E-state index in [1.165, 1.54) is 29.3 Å². The highest BCUT2D eigenvalue weighted by Crippen LogP contribution is 2.23. The molecule has 0 radical (unpaired) electrons. The molecule has 1 aromatic carbocycles. The van der Waals surface area contributed by atoms with Crippen LogP contribution in [-0.2, 0) is 17.9 Å². The van der Waals surface area contributed by atoms with Crippen LogP contribution < -0.4 is 10.6 Å². The molecule has 2 N–H and O–H groups in total. The second-order valence-electron chi connectivity index (χ2n) is 5.80. The highest BCUT2D eigenvalue weighted by atomic mass is 16.1. The van der Waals surface area contributed by atoms with Crippen LogP contribution in [0.1, 0.15) is 31.2 Å². The molecule has 0 bridgehead atoms. The monoisotopic (exact) mass is 285 g/mol. The minimum absolute atomic E-state index is 0.113. The first-order valence-corrected chi connectivity index (χ1v) is 7.78. The number of amides is 1. The van der Waals surface area contributed by atoms with E-state index in [4.69, 9.17) is 0 Å². The van der Waals surface area contributed by atoms with Crippen molar-refractivity contribution < 1.29 is 4.79 Å². The number of fused-ring (bicyclic) bond motifs is 1. The number of hydrogen-bond acceptors (Lipinski definition) is 2. The van der Waals surface area contributed by atoms with E-state index < -0.39 is 0 Å². The molecule has 0 atom stereocenters. The van der Waals surface area contributed by atoms with Gasteiger partial charge < -0.3 is 15.2 Å². The van der Waals surface area contributed by atoms with Crippen LogP contribution in [0, 0.1) is 0 Å². The number of nitrogens with zero attached hydrogens (tertiary/aromatic N) is 1. The minimum atomic E-state index is 0.113. The van der Waals surface area contributed by atoms with Crippen molar-refractivity contribution >= 4 is 16.8 Å². The Morgan fingerprint density at radius 3 is 2.95 bits per heavy atom. The zero-order valence-electron chi connectivity index (χ0n) is 12.6. The lowest BCUT2D eigenvalue weighted by molar-refractivity contribution is -0.120. The molecule has 3 rings (SSSR count). The Morgan fingerprint density at radius 2 is 2.19 bits per heavy atom. The Hall–Kier alpha value is -1.81.